The third kappa shape index (κ3) is 8.97. The summed E-state index contributed by atoms with van der Waals surface area (Å²) in [4.78, 5) is 25.3. The number of benzene rings is 2. The van der Waals surface area contributed by atoms with Crippen LogP contribution in [0.1, 0.15) is 44.4 Å². The molecular weight excluding hydrogens is 446 g/mol. The van der Waals surface area contributed by atoms with Gasteiger partial charge in [0.1, 0.15) is 17.2 Å². The summed E-state index contributed by atoms with van der Waals surface area (Å²) in [6.07, 6.45) is -2.84. The Morgan fingerprint density at radius 2 is 1.68 bits per heavy atom. The molecule has 0 aliphatic heterocycles. The van der Waals surface area contributed by atoms with Gasteiger partial charge in [-0.2, -0.15) is 0 Å². The fourth-order valence-corrected chi connectivity index (χ4v) is 3.46. The van der Waals surface area contributed by atoms with Crippen LogP contribution in [0, 0.1) is 11.6 Å². The number of alkyl carbamates (subject to hydrolysis) is 1. The Hall–Kier alpha value is -3.20. The zero-order valence-corrected chi connectivity index (χ0v) is 19.8. The van der Waals surface area contributed by atoms with Gasteiger partial charge in [-0.15, -0.1) is 0 Å². The molecule has 186 valence electrons. The third-order valence-electron chi connectivity index (χ3n) is 5.00. The van der Waals surface area contributed by atoms with Crippen molar-refractivity contribution in [3.8, 4) is 0 Å². The van der Waals surface area contributed by atoms with Gasteiger partial charge >= 0.3 is 12.2 Å². The summed E-state index contributed by atoms with van der Waals surface area (Å²) < 4.78 is 32.6. The zero-order chi connectivity index (χ0) is 25.5. The van der Waals surface area contributed by atoms with Crippen LogP contribution in [0.4, 0.5) is 18.4 Å². The number of halogens is 2. The maximum Gasteiger partial charge on any atom is 0.407 e. The number of aliphatic hydroxyl groups is 1. The first-order valence-corrected chi connectivity index (χ1v) is 11.0. The summed E-state index contributed by atoms with van der Waals surface area (Å²) in [6.45, 7) is 6.65. The van der Waals surface area contributed by atoms with Gasteiger partial charge in [0, 0.05) is 12.6 Å². The summed E-state index contributed by atoms with van der Waals surface area (Å²) in [5.41, 5.74) is 1.16. The van der Waals surface area contributed by atoms with Crippen molar-refractivity contribution in [2.75, 3.05) is 6.54 Å². The Kier molecular flexibility index (Phi) is 9.37. The second-order valence-corrected chi connectivity index (χ2v) is 9.14. The molecule has 3 N–H and O–H groups in total. The molecular formula is C25H32F2N2O5. The lowest BCUT2D eigenvalue weighted by atomic mass is 10.00. The number of ether oxygens (including phenoxy) is 1. The van der Waals surface area contributed by atoms with E-state index in [1.54, 1.807) is 26.8 Å². The van der Waals surface area contributed by atoms with Crippen molar-refractivity contribution in [1.82, 2.24) is 10.2 Å². The topological polar surface area (TPSA) is 99.1 Å². The molecule has 0 saturated heterocycles. The van der Waals surface area contributed by atoms with Gasteiger partial charge in [-0.3, -0.25) is 0 Å². The number of amides is 2. The van der Waals surface area contributed by atoms with Crippen LogP contribution in [-0.4, -0.2) is 51.6 Å². The smallest absolute Gasteiger partial charge is 0.407 e. The van der Waals surface area contributed by atoms with E-state index in [1.165, 1.54) is 0 Å². The average molecular weight is 479 g/mol. The number of aryl methyl sites for hydroxylation is 1. The van der Waals surface area contributed by atoms with Gasteiger partial charge < -0.3 is 25.2 Å². The molecule has 0 heterocycles. The van der Waals surface area contributed by atoms with E-state index in [0.717, 1.165) is 34.6 Å². The highest BCUT2D eigenvalue weighted by molar-refractivity contribution is 5.68. The largest absolute Gasteiger partial charge is 0.465 e. The Labute approximate surface area is 198 Å². The summed E-state index contributed by atoms with van der Waals surface area (Å²) >= 11 is 0. The minimum Gasteiger partial charge on any atom is -0.465 e. The number of nitrogens with one attached hydrogen (secondary N) is 1. The number of carbonyl (C=O) groups excluding carboxylic acids is 1. The molecule has 0 aromatic heterocycles. The molecule has 2 amide bonds. The van der Waals surface area contributed by atoms with Gasteiger partial charge in [-0.05, 0) is 62.4 Å². The van der Waals surface area contributed by atoms with E-state index in [0.29, 0.717) is 6.07 Å². The molecule has 34 heavy (non-hydrogen) atoms. The van der Waals surface area contributed by atoms with Crippen LogP contribution in [-0.2, 0) is 24.1 Å². The monoisotopic (exact) mass is 478 g/mol. The van der Waals surface area contributed by atoms with Crippen molar-refractivity contribution < 1.29 is 33.3 Å². The molecule has 0 saturated carbocycles. The van der Waals surface area contributed by atoms with Crippen molar-refractivity contribution in [3.63, 3.8) is 0 Å². The summed E-state index contributed by atoms with van der Waals surface area (Å²) in [6, 6.07) is 9.25. The number of nitrogens with zero attached hydrogens (tertiary/aromatic N) is 1. The quantitative estimate of drug-likeness (QED) is 0.493. The van der Waals surface area contributed by atoms with Gasteiger partial charge in [0.25, 0.3) is 0 Å². The highest BCUT2D eigenvalue weighted by Crippen LogP contribution is 2.16. The Bertz CT molecular complexity index is 973. The van der Waals surface area contributed by atoms with Gasteiger partial charge in [0.2, 0.25) is 0 Å². The fraction of sp³-hybridized carbons (Fsp3) is 0.440. The van der Waals surface area contributed by atoms with Crippen molar-refractivity contribution in [2.45, 2.75) is 64.8 Å². The van der Waals surface area contributed by atoms with Crippen molar-refractivity contribution in [3.05, 3.63) is 70.8 Å². The Morgan fingerprint density at radius 3 is 2.24 bits per heavy atom. The van der Waals surface area contributed by atoms with E-state index in [2.05, 4.69) is 5.32 Å². The molecule has 2 aromatic carbocycles. The average Bonchev–Trinajstić information content (AvgIpc) is 2.70. The number of carboxylic acid groups (broad SMARTS) is 1. The standard InChI is InChI=1S/C25H32F2N2O5/c1-5-16-7-6-8-17(9-16)14-29(24(32)33)15-22(30)21(28-23(31)34-25(2,3)4)12-18-10-19(26)13-20(27)11-18/h6-11,13,21-22,30H,5,12,14-15H2,1-4H3,(H,28,31)(H,32,33). The van der Waals surface area contributed by atoms with Crippen LogP contribution in [0.15, 0.2) is 42.5 Å². The van der Waals surface area contributed by atoms with E-state index >= 15 is 0 Å². The van der Waals surface area contributed by atoms with E-state index in [9.17, 15) is 28.6 Å². The second kappa shape index (κ2) is 11.8. The molecule has 2 unspecified atom stereocenters. The van der Waals surface area contributed by atoms with Crippen LogP contribution in [0.5, 0.6) is 0 Å². The number of hydrogen-bond acceptors (Lipinski definition) is 4. The molecule has 0 radical (unpaired) electrons. The first-order valence-electron chi connectivity index (χ1n) is 11.0. The van der Waals surface area contributed by atoms with Gasteiger partial charge in [-0.25, -0.2) is 18.4 Å². The molecule has 9 heteroatoms. The van der Waals surface area contributed by atoms with Gasteiger partial charge in [-0.1, -0.05) is 31.2 Å². The van der Waals surface area contributed by atoms with Crippen molar-refractivity contribution >= 4 is 12.2 Å². The molecule has 0 aliphatic carbocycles. The minimum atomic E-state index is -1.38. The van der Waals surface area contributed by atoms with Gasteiger partial charge in [0.05, 0.1) is 18.7 Å². The minimum absolute atomic E-state index is 0.0218. The molecule has 0 aliphatic rings. The molecule has 0 fully saturated rings. The fourth-order valence-electron chi connectivity index (χ4n) is 3.46. The normalized spacial score (nSPS) is 13.1. The lowest BCUT2D eigenvalue weighted by Crippen LogP contribution is -2.51. The predicted molar refractivity (Wildman–Crippen MR) is 123 cm³/mol. The van der Waals surface area contributed by atoms with Crippen LogP contribution in [0.3, 0.4) is 0 Å². The van der Waals surface area contributed by atoms with E-state index in [-0.39, 0.29) is 25.1 Å². The van der Waals surface area contributed by atoms with E-state index in [1.807, 2.05) is 25.1 Å². The van der Waals surface area contributed by atoms with Crippen LogP contribution in [0.2, 0.25) is 0 Å². The summed E-state index contributed by atoms with van der Waals surface area (Å²) in [5.74, 6) is -1.60. The van der Waals surface area contributed by atoms with E-state index in [4.69, 9.17) is 4.74 Å². The summed E-state index contributed by atoms with van der Waals surface area (Å²) in [5, 5.41) is 23.1. The lowest BCUT2D eigenvalue weighted by molar-refractivity contribution is 0.0364. The highest BCUT2D eigenvalue weighted by atomic mass is 19.1. The maximum absolute atomic E-state index is 13.7. The lowest BCUT2D eigenvalue weighted by Gasteiger charge is -2.30. The Morgan fingerprint density at radius 1 is 1.06 bits per heavy atom. The summed E-state index contributed by atoms with van der Waals surface area (Å²) in [7, 11) is 0. The van der Waals surface area contributed by atoms with Crippen molar-refractivity contribution in [1.29, 1.82) is 0 Å². The van der Waals surface area contributed by atoms with Crippen LogP contribution >= 0.6 is 0 Å². The highest BCUT2D eigenvalue weighted by Gasteiger charge is 2.28. The zero-order valence-electron chi connectivity index (χ0n) is 19.8. The molecule has 0 bridgehead atoms. The van der Waals surface area contributed by atoms with E-state index < -0.39 is 41.6 Å². The SMILES string of the molecule is CCc1cccc(CN(CC(O)C(Cc2cc(F)cc(F)c2)NC(=O)OC(C)(C)C)C(=O)O)c1. The first kappa shape index (κ1) is 27.0. The second-order valence-electron chi connectivity index (χ2n) is 9.14. The predicted octanol–water partition coefficient (Wildman–Crippen LogP) is 4.50. The third-order valence-corrected chi connectivity index (χ3v) is 5.00. The molecule has 2 atom stereocenters. The van der Waals surface area contributed by atoms with Crippen molar-refractivity contribution in [2.24, 2.45) is 0 Å². The molecule has 2 rings (SSSR count). The molecule has 2 aromatic rings. The maximum atomic E-state index is 13.7. The van der Waals surface area contributed by atoms with Gasteiger partial charge in [0.15, 0.2) is 0 Å². The Balaban J connectivity index is 2.23. The first-order chi connectivity index (χ1) is 15.9. The molecule has 7 nitrogen and oxygen atoms in total. The number of rotatable bonds is 9. The molecule has 0 spiro atoms. The van der Waals surface area contributed by atoms with Crippen LogP contribution in [0.25, 0.3) is 0 Å². The van der Waals surface area contributed by atoms with Crippen LogP contribution < -0.4 is 5.32 Å². The number of hydrogen-bond donors (Lipinski definition) is 3. The number of carbonyl (C=O) groups is 2. The number of aliphatic hydroxyl groups excluding tert-OH is 1.